The molecule has 6 aromatic rings. The minimum atomic E-state index is -3.60. The molecule has 416 valence electrons. The van der Waals surface area contributed by atoms with E-state index < -0.39 is 56.4 Å². The lowest BCUT2D eigenvalue weighted by Crippen LogP contribution is -2.57. The van der Waals surface area contributed by atoms with Crippen molar-refractivity contribution >= 4 is 89.6 Å². The van der Waals surface area contributed by atoms with Crippen LogP contribution in [0.3, 0.4) is 0 Å². The first-order valence-electron chi connectivity index (χ1n) is 25.8. The average Bonchev–Trinajstić information content (AvgIpc) is 4.16. The lowest BCUT2D eigenvalue weighted by Gasteiger charge is -2.40. The van der Waals surface area contributed by atoms with E-state index in [4.69, 9.17) is 19.4 Å². The second-order valence-electron chi connectivity index (χ2n) is 20.0. The van der Waals surface area contributed by atoms with E-state index in [1.807, 2.05) is 36.8 Å². The van der Waals surface area contributed by atoms with Crippen molar-refractivity contribution in [2.75, 3.05) is 90.0 Å². The van der Waals surface area contributed by atoms with Crippen molar-refractivity contribution < 1.29 is 45.5 Å². The van der Waals surface area contributed by atoms with Crippen LogP contribution in [0.15, 0.2) is 72.8 Å². The second-order valence-corrected chi connectivity index (χ2v) is 25.9. The molecule has 4 unspecified atom stereocenters. The molecule has 2 aliphatic heterocycles. The van der Waals surface area contributed by atoms with E-state index in [1.165, 1.54) is 34.0 Å². The summed E-state index contributed by atoms with van der Waals surface area (Å²) in [5, 5.41) is 5.37. The molecule has 2 saturated heterocycles. The summed E-state index contributed by atoms with van der Waals surface area (Å²) < 4.78 is 63.9. The Morgan fingerprint density at radius 2 is 1.01 bits per heavy atom. The molecule has 24 heteroatoms. The molecule has 2 fully saturated rings. The van der Waals surface area contributed by atoms with E-state index in [1.54, 1.807) is 33.3 Å². The lowest BCUT2D eigenvalue weighted by molar-refractivity contribution is -0.138. The number of carbonyl (C=O) groups excluding carboxylic acids is 4. The summed E-state index contributed by atoms with van der Waals surface area (Å²) in [6.07, 6.45) is 8.42. The number of aromatic nitrogens is 4. The Labute approximate surface area is 463 Å². The molecule has 4 atom stereocenters. The summed E-state index contributed by atoms with van der Waals surface area (Å²) in [7, 11) is -4.72. The minimum Gasteiger partial charge on any atom is -0.453 e. The molecule has 2 aromatic heterocycles. The number of aromatic amines is 2. The van der Waals surface area contributed by atoms with Crippen molar-refractivity contribution in [3.63, 3.8) is 0 Å². The molecule has 4 bridgehead atoms. The highest BCUT2D eigenvalue weighted by Gasteiger charge is 2.41. The van der Waals surface area contributed by atoms with Gasteiger partial charge in [-0.05, 0) is 131 Å². The number of carbonyl (C=O) groups is 4. The number of sulfonamides is 2. The molecule has 12 rings (SSSR count). The number of alkyl carbamates (subject to hydrolysis) is 2. The van der Waals surface area contributed by atoms with Gasteiger partial charge in [0, 0.05) is 39.3 Å². The Morgan fingerprint density at radius 3 is 1.38 bits per heavy atom. The van der Waals surface area contributed by atoms with E-state index in [2.05, 4.69) is 69.1 Å². The van der Waals surface area contributed by atoms with Crippen LogP contribution in [0.1, 0.15) is 58.8 Å². The minimum absolute atomic E-state index is 0.00625. The molecule has 4 N–H and O–H groups in total. The topological polar surface area (TPSA) is 249 Å². The van der Waals surface area contributed by atoms with E-state index >= 15 is 0 Å². The van der Waals surface area contributed by atoms with Crippen LogP contribution in [0.5, 0.6) is 0 Å². The number of thioether (sulfide) groups is 2. The second kappa shape index (κ2) is 24.0. The summed E-state index contributed by atoms with van der Waals surface area (Å²) in [5.74, 6) is 1.41. The maximum absolute atomic E-state index is 14.2. The van der Waals surface area contributed by atoms with Crippen molar-refractivity contribution in [2.45, 2.75) is 62.7 Å². The third-order valence-corrected chi connectivity index (χ3v) is 18.8. The molecule has 78 heavy (non-hydrogen) atoms. The van der Waals surface area contributed by atoms with Crippen LogP contribution in [0.2, 0.25) is 0 Å². The van der Waals surface area contributed by atoms with Gasteiger partial charge in [-0.15, -0.1) is 0 Å². The highest BCUT2D eigenvalue weighted by Crippen LogP contribution is 2.36. The van der Waals surface area contributed by atoms with Gasteiger partial charge >= 0.3 is 12.2 Å². The van der Waals surface area contributed by atoms with E-state index in [9.17, 15) is 36.0 Å². The van der Waals surface area contributed by atoms with Gasteiger partial charge in [0.15, 0.2) is 0 Å². The zero-order valence-corrected chi connectivity index (χ0v) is 47.8. The predicted octanol–water partition coefficient (Wildman–Crippen LogP) is 5.90. The summed E-state index contributed by atoms with van der Waals surface area (Å²) >= 11 is 3.09. The highest BCUT2D eigenvalue weighted by molar-refractivity contribution is 7.98. The van der Waals surface area contributed by atoms with Gasteiger partial charge in [-0.1, -0.05) is 48.5 Å². The van der Waals surface area contributed by atoms with Crippen LogP contribution < -0.4 is 10.6 Å². The Morgan fingerprint density at radius 1 is 0.603 bits per heavy atom. The van der Waals surface area contributed by atoms with Crippen LogP contribution in [-0.2, 0) is 64.8 Å². The largest absolute Gasteiger partial charge is 0.453 e. The third-order valence-electron chi connectivity index (χ3n) is 14.9. The van der Waals surface area contributed by atoms with Crippen LogP contribution in [0.4, 0.5) is 9.59 Å². The number of H-pyrrole nitrogens is 2. The normalized spacial score (nSPS) is 18.3. The zero-order valence-electron chi connectivity index (χ0n) is 44.5. The van der Waals surface area contributed by atoms with Crippen molar-refractivity contribution in [2.24, 2.45) is 0 Å². The molecule has 4 aliphatic carbocycles. The maximum atomic E-state index is 14.2. The number of amides is 4. The Kier molecular flexibility index (Phi) is 17.4. The molecule has 0 spiro atoms. The number of nitrogens with one attached hydrogen (secondary N) is 4. The first kappa shape index (κ1) is 56.5. The van der Waals surface area contributed by atoms with Gasteiger partial charge in [0.2, 0.25) is 31.9 Å². The molecule has 4 amide bonds. The number of nitrogens with zero attached hydrogens (tertiary/aromatic N) is 6. The lowest BCUT2D eigenvalue weighted by atomic mass is 9.87. The smallest absolute Gasteiger partial charge is 0.407 e. The van der Waals surface area contributed by atoms with E-state index in [0.717, 1.165) is 82.6 Å². The molecule has 4 aromatic carbocycles. The quantitative estimate of drug-likeness (QED) is 0.0881. The molecular weight excluding hydrogens is 1080 g/mol. The standard InChI is InChI=1S/C54H66N10O10S4/c1-73-53(67)59-43(19-25-75-3)51(65)63-23-21-61(77(5,69)70)31-47(63)49-55-41-17-15-37(29-45(41)57-49)39-27-33-7-11-35(39)13-9-34-8-12-36(14-10-33)40(28-34)38-16-18-42-46(30-38)58-50(56-42)48-32-62(78(6,71)72)22-24-64(48)52(66)44(20-26-76-4)60-54(68)74-2/h7-8,11-12,15-18,27-30,43-44,47-48H,9-10,13-14,19-26,31-32H2,1-6H3,(H,55,57)(H,56,58)(H,59,67)(H,60,68). The fourth-order valence-electron chi connectivity index (χ4n) is 10.7. The van der Waals surface area contributed by atoms with Crippen LogP contribution >= 0.6 is 23.5 Å². The number of benzene rings is 4. The van der Waals surface area contributed by atoms with Crippen LogP contribution in [0, 0.1) is 0 Å². The highest BCUT2D eigenvalue weighted by atomic mass is 32.2. The van der Waals surface area contributed by atoms with Gasteiger partial charge in [0.05, 0.1) is 48.8 Å². The number of methoxy groups -OCH3 is 2. The summed E-state index contributed by atoms with van der Waals surface area (Å²) in [6.45, 7) is 0.413. The molecule has 6 aliphatic rings. The monoisotopic (exact) mass is 1140 g/mol. The number of piperazine rings is 2. The van der Waals surface area contributed by atoms with Gasteiger partial charge in [-0.3, -0.25) is 9.59 Å². The van der Waals surface area contributed by atoms with Gasteiger partial charge in [-0.25, -0.2) is 36.4 Å². The van der Waals surface area contributed by atoms with Crippen LogP contribution in [0.25, 0.3) is 44.3 Å². The Hall–Kier alpha value is -6.18. The van der Waals surface area contributed by atoms with Crippen molar-refractivity contribution in [1.82, 2.24) is 49.0 Å². The third kappa shape index (κ3) is 12.6. The Bertz CT molecular complexity index is 3240. The summed E-state index contributed by atoms with van der Waals surface area (Å²) in [4.78, 5) is 73.2. The van der Waals surface area contributed by atoms with Gasteiger partial charge in [0.1, 0.15) is 35.8 Å². The summed E-state index contributed by atoms with van der Waals surface area (Å²) in [5.41, 5.74) is 11.6. The zero-order chi connectivity index (χ0) is 55.5. The number of imidazole rings is 2. The van der Waals surface area contributed by atoms with Crippen molar-refractivity contribution in [3.05, 3.63) is 107 Å². The van der Waals surface area contributed by atoms with E-state index in [-0.39, 0.29) is 51.1 Å². The first-order valence-corrected chi connectivity index (χ1v) is 32.3. The molecule has 20 nitrogen and oxygen atoms in total. The van der Waals surface area contributed by atoms with Crippen molar-refractivity contribution in [1.29, 1.82) is 0 Å². The Balaban J connectivity index is 0.978. The number of fused-ring (bicyclic) bond motifs is 2. The number of hydrogen-bond acceptors (Lipinski definition) is 14. The molecular formula is C54H66N10O10S4. The van der Waals surface area contributed by atoms with Gasteiger partial charge in [0.25, 0.3) is 0 Å². The predicted molar refractivity (Wildman–Crippen MR) is 304 cm³/mol. The number of rotatable bonds is 16. The van der Waals surface area contributed by atoms with E-state index in [0.29, 0.717) is 47.0 Å². The molecule has 0 radical (unpaired) electrons. The van der Waals surface area contributed by atoms with Crippen LogP contribution in [-0.4, -0.2) is 181 Å². The molecule has 0 saturated carbocycles. The summed E-state index contributed by atoms with van der Waals surface area (Å²) in [6, 6.07) is 22.2. The van der Waals surface area contributed by atoms with Crippen molar-refractivity contribution in [3.8, 4) is 22.3 Å². The number of aryl methyl sites for hydroxylation is 4. The average molecular weight is 1140 g/mol. The molecule has 4 heterocycles. The number of ether oxygens (including phenoxy) is 2. The fourth-order valence-corrected chi connectivity index (χ4v) is 13.3. The first-order chi connectivity index (χ1) is 37.3. The number of hydrogen-bond donors (Lipinski definition) is 4. The van der Waals surface area contributed by atoms with Gasteiger partial charge in [-0.2, -0.15) is 32.1 Å². The SMILES string of the molecule is COC(=O)NC(CCSC)C(=O)N1CCN(S(C)(=O)=O)CC1c1nc2ccc(-c3cc4ccc3CCc3ccc(c(-c5ccc6nc(C7CN(S(C)(=O)=O)CCN7C(=O)C(CCSC)NC(=O)OC)[nH]c6c5)c3)CC4)cc2[nH]1. The maximum Gasteiger partial charge on any atom is 0.407 e. The van der Waals surface area contributed by atoms with Gasteiger partial charge < -0.3 is 39.9 Å². The fraction of sp³-hybridized carbons (Fsp3) is 0.444.